The van der Waals surface area contributed by atoms with Gasteiger partial charge in [0.05, 0.1) is 18.4 Å². The van der Waals surface area contributed by atoms with E-state index in [1.807, 2.05) is 0 Å². The van der Waals surface area contributed by atoms with Crippen molar-refractivity contribution in [1.82, 2.24) is 5.32 Å². The van der Waals surface area contributed by atoms with Crippen LogP contribution < -0.4 is 5.32 Å². The van der Waals surface area contributed by atoms with Crippen molar-refractivity contribution >= 4 is 6.09 Å². The van der Waals surface area contributed by atoms with E-state index in [2.05, 4.69) is 5.32 Å². The number of carbonyl (C=O) groups excluding carboxylic acids is 1. The first-order chi connectivity index (χ1) is 10.8. The third-order valence-corrected chi connectivity index (χ3v) is 3.35. The Kier molecular flexibility index (Phi) is 4.80. The number of alkyl halides is 3. The first-order valence-electron chi connectivity index (χ1n) is 7.54. The van der Waals surface area contributed by atoms with Crippen molar-refractivity contribution in [2.45, 2.75) is 70.5 Å². The predicted molar refractivity (Wildman–Crippen MR) is 77.1 cm³/mol. The number of rotatable bonds is 2. The Labute approximate surface area is 138 Å². The van der Waals surface area contributed by atoms with Crippen LogP contribution in [0.1, 0.15) is 34.6 Å². The summed E-state index contributed by atoms with van der Waals surface area (Å²) in [4.78, 5) is 11.7. The summed E-state index contributed by atoms with van der Waals surface area (Å²) in [5.41, 5.74) is -1.62. The molecule has 2 heterocycles. The molecular weight excluding hydrogens is 331 g/mol. The molecule has 0 spiro atoms. The van der Waals surface area contributed by atoms with Gasteiger partial charge in [-0.25, -0.2) is 4.79 Å². The normalized spacial score (nSPS) is 29.3. The summed E-state index contributed by atoms with van der Waals surface area (Å²) in [6, 6.07) is 0. The molecule has 6 nitrogen and oxygen atoms in total. The molecule has 2 aliphatic heterocycles. The van der Waals surface area contributed by atoms with Crippen LogP contribution in [0, 0.1) is 0 Å². The summed E-state index contributed by atoms with van der Waals surface area (Å²) in [7, 11) is 0. The van der Waals surface area contributed by atoms with Gasteiger partial charge in [-0.15, -0.1) is 0 Å². The first kappa shape index (κ1) is 18.9. The Morgan fingerprint density at radius 2 is 1.92 bits per heavy atom. The van der Waals surface area contributed by atoms with Crippen molar-refractivity contribution in [2.75, 3.05) is 6.54 Å². The SMILES string of the molecule is CC(C)(C)OC(=O)NCC1OC=C(C(F)(F)F)C2OC(C)(C)OC12. The molecule has 2 aliphatic rings. The topological polar surface area (TPSA) is 66.0 Å². The average molecular weight is 353 g/mol. The number of nitrogens with one attached hydrogen (secondary N) is 1. The third-order valence-electron chi connectivity index (χ3n) is 3.35. The zero-order valence-corrected chi connectivity index (χ0v) is 14.2. The maximum atomic E-state index is 13.1. The number of amides is 1. The smallest absolute Gasteiger partial charge is 0.418 e. The number of halogens is 3. The van der Waals surface area contributed by atoms with E-state index in [0.717, 1.165) is 0 Å². The first-order valence-corrected chi connectivity index (χ1v) is 7.54. The van der Waals surface area contributed by atoms with Crippen molar-refractivity contribution in [3.8, 4) is 0 Å². The Morgan fingerprint density at radius 3 is 2.46 bits per heavy atom. The van der Waals surface area contributed by atoms with E-state index in [1.165, 1.54) is 13.8 Å². The summed E-state index contributed by atoms with van der Waals surface area (Å²) >= 11 is 0. The maximum Gasteiger partial charge on any atom is 0.418 e. The number of alkyl carbamates (subject to hydrolysis) is 1. The van der Waals surface area contributed by atoms with Crippen molar-refractivity contribution in [1.29, 1.82) is 0 Å². The lowest BCUT2D eigenvalue weighted by molar-refractivity contribution is -0.154. The second kappa shape index (κ2) is 6.11. The van der Waals surface area contributed by atoms with Crippen molar-refractivity contribution in [3.63, 3.8) is 0 Å². The second-order valence-electron chi connectivity index (χ2n) is 7.15. The van der Waals surface area contributed by atoms with E-state index in [1.54, 1.807) is 20.8 Å². The van der Waals surface area contributed by atoms with Crippen molar-refractivity contribution in [2.24, 2.45) is 0 Å². The molecule has 0 aromatic heterocycles. The molecule has 1 saturated heterocycles. The summed E-state index contributed by atoms with van der Waals surface area (Å²) in [6.07, 6.45) is -7.76. The van der Waals surface area contributed by atoms with E-state index in [9.17, 15) is 18.0 Å². The molecule has 1 N–H and O–H groups in total. The lowest BCUT2D eigenvalue weighted by Crippen LogP contribution is -2.49. The van der Waals surface area contributed by atoms with Crippen LogP contribution in [0.3, 0.4) is 0 Å². The van der Waals surface area contributed by atoms with Gasteiger partial charge in [-0.3, -0.25) is 0 Å². The van der Waals surface area contributed by atoms with Gasteiger partial charge in [-0.05, 0) is 34.6 Å². The van der Waals surface area contributed by atoms with Crippen LogP contribution in [0.2, 0.25) is 0 Å². The molecule has 0 radical (unpaired) electrons. The van der Waals surface area contributed by atoms with Gasteiger partial charge in [0.15, 0.2) is 5.79 Å². The Hall–Kier alpha value is -1.48. The van der Waals surface area contributed by atoms with Gasteiger partial charge < -0.3 is 24.3 Å². The molecule has 138 valence electrons. The average Bonchev–Trinajstić information content (AvgIpc) is 2.67. The van der Waals surface area contributed by atoms with Gasteiger partial charge in [0.25, 0.3) is 0 Å². The van der Waals surface area contributed by atoms with E-state index >= 15 is 0 Å². The Balaban J connectivity index is 2.07. The molecule has 0 saturated carbocycles. The lowest BCUT2D eigenvalue weighted by atomic mass is 9.98. The van der Waals surface area contributed by atoms with Crippen molar-refractivity contribution in [3.05, 3.63) is 11.8 Å². The van der Waals surface area contributed by atoms with Gasteiger partial charge in [0, 0.05) is 0 Å². The zero-order chi connectivity index (χ0) is 18.3. The van der Waals surface area contributed by atoms with E-state index < -0.39 is 47.5 Å². The zero-order valence-electron chi connectivity index (χ0n) is 14.2. The lowest BCUT2D eigenvalue weighted by Gasteiger charge is -2.32. The molecule has 0 bridgehead atoms. The molecule has 24 heavy (non-hydrogen) atoms. The molecule has 3 unspecified atom stereocenters. The van der Waals surface area contributed by atoms with Crippen molar-refractivity contribution < 1.29 is 36.9 Å². The van der Waals surface area contributed by atoms with Gasteiger partial charge in [0.1, 0.15) is 23.9 Å². The van der Waals surface area contributed by atoms with Crippen LogP contribution in [-0.2, 0) is 18.9 Å². The second-order valence-corrected chi connectivity index (χ2v) is 7.15. The highest BCUT2D eigenvalue weighted by Crippen LogP contribution is 2.42. The van der Waals surface area contributed by atoms with Gasteiger partial charge in [0.2, 0.25) is 0 Å². The maximum absolute atomic E-state index is 13.1. The quantitative estimate of drug-likeness (QED) is 0.827. The molecule has 0 aromatic carbocycles. The molecule has 2 rings (SSSR count). The Morgan fingerprint density at radius 1 is 1.29 bits per heavy atom. The fourth-order valence-corrected chi connectivity index (χ4v) is 2.50. The van der Waals surface area contributed by atoms with Crippen LogP contribution in [0.5, 0.6) is 0 Å². The molecule has 9 heteroatoms. The van der Waals surface area contributed by atoms with E-state index in [0.29, 0.717) is 6.26 Å². The van der Waals surface area contributed by atoms with Crippen LogP contribution in [0.15, 0.2) is 11.8 Å². The van der Waals surface area contributed by atoms with Gasteiger partial charge >= 0.3 is 12.3 Å². The molecule has 3 atom stereocenters. The third kappa shape index (κ3) is 4.54. The fourth-order valence-electron chi connectivity index (χ4n) is 2.50. The molecule has 0 aliphatic carbocycles. The molecule has 1 amide bonds. The number of hydrogen-bond acceptors (Lipinski definition) is 5. The highest BCUT2D eigenvalue weighted by molar-refractivity contribution is 5.67. The predicted octanol–water partition coefficient (Wildman–Crippen LogP) is 2.88. The van der Waals surface area contributed by atoms with E-state index in [-0.39, 0.29) is 6.54 Å². The highest BCUT2D eigenvalue weighted by Gasteiger charge is 2.55. The summed E-state index contributed by atoms with van der Waals surface area (Å²) in [6.45, 7) is 8.09. The van der Waals surface area contributed by atoms with Crippen LogP contribution >= 0.6 is 0 Å². The monoisotopic (exact) mass is 353 g/mol. The minimum atomic E-state index is -4.59. The molecule has 1 fully saturated rings. The van der Waals surface area contributed by atoms with Crippen LogP contribution in [-0.4, -0.2) is 48.5 Å². The standard InChI is InChI=1S/C15H22F3NO5/c1-13(2,3)24-12(20)19-6-9-11-10(22-14(4,5)23-11)8(7-21-9)15(16,17)18/h7,9-11H,6H2,1-5H3,(H,19,20). The summed E-state index contributed by atoms with van der Waals surface area (Å²) in [5.74, 6) is -1.18. The molecular formula is C15H22F3NO5. The summed E-state index contributed by atoms with van der Waals surface area (Å²) in [5, 5.41) is 2.47. The van der Waals surface area contributed by atoms with Crippen LogP contribution in [0.4, 0.5) is 18.0 Å². The van der Waals surface area contributed by atoms with Gasteiger partial charge in [-0.2, -0.15) is 13.2 Å². The number of hydrogen-bond donors (Lipinski definition) is 1. The fraction of sp³-hybridized carbons (Fsp3) is 0.800. The highest BCUT2D eigenvalue weighted by atomic mass is 19.4. The minimum Gasteiger partial charge on any atom is -0.493 e. The van der Waals surface area contributed by atoms with Crippen LogP contribution in [0.25, 0.3) is 0 Å². The Bertz CT molecular complexity index is 524. The largest absolute Gasteiger partial charge is 0.493 e. The number of fused-ring (bicyclic) bond motifs is 1. The molecule has 0 aromatic rings. The van der Waals surface area contributed by atoms with E-state index in [4.69, 9.17) is 18.9 Å². The van der Waals surface area contributed by atoms with Gasteiger partial charge in [-0.1, -0.05) is 0 Å². The number of carbonyl (C=O) groups is 1. The summed E-state index contributed by atoms with van der Waals surface area (Å²) < 4.78 is 60.4. The minimum absolute atomic E-state index is 0.0723. The number of ether oxygens (including phenoxy) is 4.